The topological polar surface area (TPSA) is 42.2 Å². The van der Waals surface area contributed by atoms with Crippen LogP contribution in [0.5, 0.6) is 0 Å². The Bertz CT molecular complexity index is 457. The van der Waals surface area contributed by atoms with Gasteiger partial charge in [-0.15, -0.1) is 11.3 Å². The Hall–Kier alpha value is -1.81. The lowest BCUT2D eigenvalue weighted by Gasteiger charge is -1.97. The fourth-order valence-corrected chi connectivity index (χ4v) is 1.83. The molecular formula is C12H11NO2S. The van der Waals surface area contributed by atoms with E-state index in [9.17, 15) is 4.79 Å². The van der Waals surface area contributed by atoms with Crippen molar-refractivity contribution in [1.29, 1.82) is 0 Å². The van der Waals surface area contributed by atoms with Gasteiger partial charge >= 0.3 is 0 Å². The number of thiophene rings is 1. The number of hydrogen-bond donors (Lipinski definition) is 1. The summed E-state index contributed by atoms with van der Waals surface area (Å²) >= 11 is 1.62. The second-order valence-corrected chi connectivity index (χ2v) is 4.18. The van der Waals surface area contributed by atoms with Crippen LogP contribution in [0, 0.1) is 0 Å². The molecule has 2 aromatic heterocycles. The van der Waals surface area contributed by atoms with E-state index in [4.69, 9.17) is 4.42 Å². The lowest BCUT2D eigenvalue weighted by atomic mass is 10.4. The first-order valence-electron chi connectivity index (χ1n) is 4.86. The first kappa shape index (κ1) is 10.7. The standard InChI is InChI=1S/C12H11NO2S/c14-12(6-5-10-3-1-7-15-10)13-9-11-4-2-8-16-11/h1-8H,9H2,(H,13,14)/b6-5+. The minimum absolute atomic E-state index is 0.121. The molecule has 0 spiro atoms. The largest absolute Gasteiger partial charge is 0.465 e. The summed E-state index contributed by atoms with van der Waals surface area (Å²) in [7, 11) is 0. The summed E-state index contributed by atoms with van der Waals surface area (Å²) in [6.45, 7) is 0.568. The van der Waals surface area contributed by atoms with Gasteiger partial charge in [0.25, 0.3) is 0 Å². The van der Waals surface area contributed by atoms with E-state index in [1.54, 1.807) is 35.8 Å². The van der Waals surface area contributed by atoms with Crippen LogP contribution in [0.1, 0.15) is 10.6 Å². The molecule has 2 heterocycles. The summed E-state index contributed by atoms with van der Waals surface area (Å²) in [5.74, 6) is 0.552. The minimum Gasteiger partial charge on any atom is -0.465 e. The zero-order valence-electron chi connectivity index (χ0n) is 8.55. The molecule has 4 heteroatoms. The first-order chi connectivity index (χ1) is 7.84. The van der Waals surface area contributed by atoms with E-state index in [1.807, 2.05) is 17.5 Å². The zero-order valence-corrected chi connectivity index (χ0v) is 9.37. The number of rotatable bonds is 4. The highest BCUT2D eigenvalue weighted by Crippen LogP contribution is 2.07. The predicted molar refractivity (Wildman–Crippen MR) is 63.9 cm³/mol. The molecule has 0 aliphatic heterocycles. The van der Waals surface area contributed by atoms with Gasteiger partial charge in [-0.05, 0) is 29.7 Å². The van der Waals surface area contributed by atoms with E-state index in [0.29, 0.717) is 12.3 Å². The monoisotopic (exact) mass is 233 g/mol. The number of carbonyl (C=O) groups is 1. The number of furan rings is 1. The lowest BCUT2D eigenvalue weighted by Crippen LogP contribution is -2.19. The summed E-state index contributed by atoms with van der Waals surface area (Å²) in [6, 6.07) is 7.53. The van der Waals surface area contributed by atoms with Crippen LogP contribution >= 0.6 is 11.3 Å². The second kappa shape index (κ2) is 5.32. The van der Waals surface area contributed by atoms with Crippen LogP contribution in [0.3, 0.4) is 0 Å². The maximum atomic E-state index is 11.4. The van der Waals surface area contributed by atoms with Crippen molar-refractivity contribution < 1.29 is 9.21 Å². The molecule has 2 aromatic rings. The van der Waals surface area contributed by atoms with Gasteiger partial charge < -0.3 is 9.73 Å². The van der Waals surface area contributed by atoms with Crippen molar-refractivity contribution in [3.05, 3.63) is 52.6 Å². The zero-order chi connectivity index (χ0) is 11.2. The average molecular weight is 233 g/mol. The fourth-order valence-electron chi connectivity index (χ4n) is 1.19. The highest BCUT2D eigenvalue weighted by Gasteiger charge is 1.97. The van der Waals surface area contributed by atoms with Gasteiger partial charge in [0.15, 0.2) is 0 Å². The molecule has 0 atom stereocenters. The van der Waals surface area contributed by atoms with Crippen LogP contribution in [-0.2, 0) is 11.3 Å². The Morgan fingerprint density at radius 1 is 1.44 bits per heavy atom. The number of nitrogens with one attached hydrogen (secondary N) is 1. The molecule has 2 rings (SSSR count). The molecule has 0 aliphatic carbocycles. The summed E-state index contributed by atoms with van der Waals surface area (Å²) < 4.78 is 5.07. The molecule has 0 fully saturated rings. The van der Waals surface area contributed by atoms with Crippen molar-refractivity contribution >= 4 is 23.3 Å². The molecule has 0 saturated heterocycles. The van der Waals surface area contributed by atoms with Gasteiger partial charge in [0.2, 0.25) is 5.91 Å². The van der Waals surface area contributed by atoms with E-state index in [-0.39, 0.29) is 5.91 Å². The summed E-state index contributed by atoms with van der Waals surface area (Å²) in [4.78, 5) is 12.5. The van der Waals surface area contributed by atoms with Gasteiger partial charge in [-0.25, -0.2) is 0 Å². The number of carbonyl (C=O) groups excluding carboxylic acids is 1. The Morgan fingerprint density at radius 2 is 2.38 bits per heavy atom. The third kappa shape index (κ3) is 3.10. The van der Waals surface area contributed by atoms with Gasteiger partial charge in [-0.3, -0.25) is 4.79 Å². The molecule has 0 aliphatic rings. The third-order valence-corrected chi connectivity index (χ3v) is 2.84. The van der Waals surface area contributed by atoms with Crippen LogP contribution in [0.4, 0.5) is 0 Å². The van der Waals surface area contributed by atoms with Crippen molar-refractivity contribution in [1.82, 2.24) is 5.32 Å². The van der Waals surface area contributed by atoms with E-state index >= 15 is 0 Å². The molecule has 1 N–H and O–H groups in total. The molecule has 0 unspecified atom stereocenters. The van der Waals surface area contributed by atoms with Crippen molar-refractivity contribution in [3.63, 3.8) is 0 Å². The van der Waals surface area contributed by atoms with Gasteiger partial charge in [0, 0.05) is 11.0 Å². The quantitative estimate of drug-likeness (QED) is 0.825. The maximum absolute atomic E-state index is 11.4. The smallest absolute Gasteiger partial charge is 0.244 e. The predicted octanol–water partition coefficient (Wildman–Crippen LogP) is 2.67. The van der Waals surface area contributed by atoms with Crippen molar-refractivity contribution in [2.24, 2.45) is 0 Å². The van der Waals surface area contributed by atoms with Gasteiger partial charge in [0.05, 0.1) is 12.8 Å². The van der Waals surface area contributed by atoms with Crippen LogP contribution in [0.15, 0.2) is 46.4 Å². The van der Waals surface area contributed by atoms with Crippen LogP contribution in [0.2, 0.25) is 0 Å². The van der Waals surface area contributed by atoms with Gasteiger partial charge in [0.1, 0.15) is 5.76 Å². The van der Waals surface area contributed by atoms with E-state index < -0.39 is 0 Å². The average Bonchev–Trinajstić information content (AvgIpc) is 2.96. The molecule has 82 valence electrons. The van der Waals surface area contributed by atoms with E-state index in [1.165, 1.54) is 6.08 Å². The van der Waals surface area contributed by atoms with Gasteiger partial charge in [-0.1, -0.05) is 6.07 Å². The lowest BCUT2D eigenvalue weighted by molar-refractivity contribution is -0.116. The molecule has 0 aromatic carbocycles. The normalized spacial score (nSPS) is 10.8. The minimum atomic E-state index is -0.121. The number of amides is 1. The first-order valence-corrected chi connectivity index (χ1v) is 5.74. The third-order valence-electron chi connectivity index (χ3n) is 1.96. The van der Waals surface area contributed by atoms with Gasteiger partial charge in [-0.2, -0.15) is 0 Å². The summed E-state index contributed by atoms with van der Waals surface area (Å²) in [5, 5.41) is 4.78. The van der Waals surface area contributed by atoms with Crippen molar-refractivity contribution in [2.75, 3.05) is 0 Å². The Balaban J connectivity index is 1.81. The van der Waals surface area contributed by atoms with Crippen LogP contribution < -0.4 is 5.32 Å². The van der Waals surface area contributed by atoms with Crippen LogP contribution in [-0.4, -0.2) is 5.91 Å². The van der Waals surface area contributed by atoms with E-state index in [2.05, 4.69) is 5.32 Å². The SMILES string of the molecule is O=C(/C=C/c1ccco1)NCc1cccs1. The Morgan fingerprint density at radius 3 is 3.06 bits per heavy atom. The highest BCUT2D eigenvalue weighted by molar-refractivity contribution is 7.09. The summed E-state index contributed by atoms with van der Waals surface area (Å²) in [6.07, 6.45) is 4.68. The number of hydrogen-bond acceptors (Lipinski definition) is 3. The van der Waals surface area contributed by atoms with Crippen molar-refractivity contribution in [3.8, 4) is 0 Å². The van der Waals surface area contributed by atoms with Crippen LogP contribution in [0.25, 0.3) is 6.08 Å². The molecule has 0 radical (unpaired) electrons. The second-order valence-electron chi connectivity index (χ2n) is 3.15. The molecular weight excluding hydrogens is 222 g/mol. The van der Waals surface area contributed by atoms with E-state index in [0.717, 1.165) is 4.88 Å². The maximum Gasteiger partial charge on any atom is 0.244 e. The Labute approximate surface area is 97.4 Å². The highest BCUT2D eigenvalue weighted by atomic mass is 32.1. The molecule has 0 bridgehead atoms. The fraction of sp³-hybridized carbons (Fsp3) is 0.0833. The molecule has 0 saturated carbocycles. The van der Waals surface area contributed by atoms with Crippen molar-refractivity contribution in [2.45, 2.75) is 6.54 Å². The molecule has 3 nitrogen and oxygen atoms in total. The molecule has 16 heavy (non-hydrogen) atoms. The summed E-state index contributed by atoms with van der Waals surface area (Å²) in [5.41, 5.74) is 0. The Kier molecular flexibility index (Phi) is 3.56. The molecule has 1 amide bonds.